The predicted octanol–water partition coefficient (Wildman–Crippen LogP) is 0.237. The fourth-order valence-corrected chi connectivity index (χ4v) is 5.91. The highest BCUT2D eigenvalue weighted by atomic mass is 32.2. The van der Waals surface area contributed by atoms with Crippen LogP contribution in [0.2, 0.25) is 0 Å². The molecule has 5 rings (SSSR count). The molecule has 17 heteroatoms. The van der Waals surface area contributed by atoms with Gasteiger partial charge in [0.15, 0.2) is 17.3 Å². The molecule has 0 aromatic carbocycles. The molecule has 3 aromatic rings. The normalized spacial score (nSPS) is 21.9. The van der Waals surface area contributed by atoms with Crippen molar-refractivity contribution in [2.75, 3.05) is 43.5 Å². The molecule has 2 saturated heterocycles. The van der Waals surface area contributed by atoms with Gasteiger partial charge in [0.05, 0.1) is 32.7 Å². The lowest BCUT2D eigenvalue weighted by Gasteiger charge is -2.35. The number of β-amino-alcohol motifs (C(OH)–C–C–N with tert-alkyl or cyclic N) is 1. The maximum absolute atomic E-state index is 13.6. The lowest BCUT2D eigenvalue weighted by Crippen LogP contribution is -2.50. The fourth-order valence-electron chi connectivity index (χ4n) is 4.50. The third-order valence-electron chi connectivity index (χ3n) is 6.22. The van der Waals surface area contributed by atoms with Crippen LogP contribution in [0.25, 0.3) is 5.69 Å². The summed E-state index contributed by atoms with van der Waals surface area (Å²) in [5.41, 5.74) is 0.190. The van der Waals surface area contributed by atoms with Crippen LogP contribution in [-0.4, -0.2) is 93.5 Å². The average Bonchev–Trinajstić information content (AvgIpc) is 3.58. The molecule has 0 amide bonds. The quantitative estimate of drug-likeness (QED) is 0.389. The molecule has 0 radical (unpaired) electrons. The number of methoxy groups -OCH3 is 2. The van der Waals surface area contributed by atoms with E-state index >= 15 is 0 Å². The first-order valence-corrected chi connectivity index (χ1v) is 13.3. The number of hydrogen-bond acceptors (Lipinski definition) is 13. The van der Waals surface area contributed by atoms with E-state index in [0.717, 1.165) is 18.8 Å². The van der Waals surface area contributed by atoms with Crippen molar-refractivity contribution < 1.29 is 32.1 Å². The minimum atomic E-state index is -4.17. The SMILES string of the molecule is COc1ncnc(OC)c1-n1c(NS(=O)(=O)[C@H]2C[C@@H](O)CN(c3ncc(F)cn3)C2)nnc1[C@H]1CCCO1. The first-order chi connectivity index (χ1) is 18.3. The van der Waals surface area contributed by atoms with Crippen LogP contribution in [0.5, 0.6) is 11.8 Å². The number of sulfonamides is 1. The molecule has 204 valence electrons. The van der Waals surface area contributed by atoms with Gasteiger partial charge in [-0.1, -0.05) is 0 Å². The van der Waals surface area contributed by atoms with Crippen molar-refractivity contribution in [1.82, 2.24) is 34.7 Å². The summed E-state index contributed by atoms with van der Waals surface area (Å²) in [5, 5.41) is 17.7. The Hall–Kier alpha value is -3.70. The highest BCUT2D eigenvalue weighted by Crippen LogP contribution is 2.37. The molecule has 38 heavy (non-hydrogen) atoms. The fraction of sp³-hybridized carbons (Fsp3) is 0.524. The van der Waals surface area contributed by atoms with E-state index in [-0.39, 0.29) is 48.9 Å². The topological polar surface area (TPSA) is 180 Å². The van der Waals surface area contributed by atoms with Gasteiger partial charge in [0, 0.05) is 19.7 Å². The Labute approximate surface area is 217 Å². The molecule has 2 aliphatic rings. The predicted molar refractivity (Wildman–Crippen MR) is 129 cm³/mol. The van der Waals surface area contributed by atoms with Crippen molar-refractivity contribution in [2.45, 2.75) is 36.7 Å². The summed E-state index contributed by atoms with van der Waals surface area (Å²) in [6, 6.07) is 0. The van der Waals surface area contributed by atoms with Crippen LogP contribution < -0.4 is 19.1 Å². The highest BCUT2D eigenvalue weighted by Gasteiger charge is 2.38. The molecule has 0 spiro atoms. The number of halogens is 1. The van der Waals surface area contributed by atoms with Crippen molar-refractivity contribution >= 4 is 21.9 Å². The molecule has 3 atom stereocenters. The standard InChI is InChI=1S/C21H26FN9O6S/c1-35-18-16(19(36-2)26-11-25-18)31-17(15-4-3-5-37-15)27-28-21(31)29-38(33,34)14-6-13(32)9-30(10-14)20-23-7-12(22)8-24-20/h7-8,11,13-15,32H,3-6,9-10H2,1-2H3,(H,28,29)/t13-,14+,15-/m1/s1. The zero-order valence-corrected chi connectivity index (χ0v) is 21.4. The number of nitrogens with one attached hydrogen (secondary N) is 1. The van der Waals surface area contributed by atoms with E-state index in [1.807, 2.05) is 0 Å². The number of rotatable bonds is 8. The first kappa shape index (κ1) is 25.9. The summed E-state index contributed by atoms with van der Waals surface area (Å²) in [5.74, 6) is -0.171. The molecule has 0 aliphatic carbocycles. The van der Waals surface area contributed by atoms with E-state index in [1.165, 1.54) is 30.0 Å². The van der Waals surface area contributed by atoms with Gasteiger partial charge < -0.3 is 24.2 Å². The maximum atomic E-state index is 13.6. The average molecular weight is 552 g/mol. The zero-order valence-electron chi connectivity index (χ0n) is 20.6. The van der Waals surface area contributed by atoms with Gasteiger partial charge in [0.2, 0.25) is 33.7 Å². The second-order valence-electron chi connectivity index (χ2n) is 8.72. The Morgan fingerprint density at radius 2 is 1.82 bits per heavy atom. The van der Waals surface area contributed by atoms with E-state index in [2.05, 4.69) is 34.9 Å². The van der Waals surface area contributed by atoms with Gasteiger partial charge in [-0.15, -0.1) is 10.2 Å². The van der Waals surface area contributed by atoms with Gasteiger partial charge in [-0.25, -0.2) is 22.8 Å². The van der Waals surface area contributed by atoms with Gasteiger partial charge in [0.1, 0.15) is 17.7 Å². The summed E-state index contributed by atoms with van der Waals surface area (Å²) in [4.78, 5) is 17.6. The first-order valence-electron chi connectivity index (χ1n) is 11.7. The zero-order chi connectivity index (χ0) is 26.9. The van der Waals surface area contributed by atoms with Crippen molar-refractivity contribution in [3.63, 3.8) is 0 Å². The second kappa shape index (κ2) is 10.6. The number of aromatic nitrogens is 7. The van der Waals surface area contributed by atoms with E-state index in [9.17, 15) is 17.9 Å². The highest BCUT2D eigenvalue weighted by molar-refractivity contribution is 7.93. The second-order valence-corrected chi connectivity index (χ2v) is 10.7. The molecule has 3 aromatic heterocycles. The largest absolute Gasteiger partial charge is 0.479 e. The molecule has 2 N–H and O–H groups in total. The van der Waals surface area contributed by atoms with Gasteiger partial charge in [-0.05, 0) is 19.3 Å². The smallest absolute Gasteiger partial charge is 0.245 e. The number of aliphatic hydroxyl groups is 1. The maximum Gasteiger partial charge on any atom is 0.245 e. The van der Waals surface area contributed by atoms with Crippen molar-refractivity contribution in [3.05, 3.63) is 30.4 Å². The lowest BCUT2D eigenvalue weighted by molar-refractivity contribution is 0.103. The third kappa shape index (κ3) is 5.03. The number of aliphatic hydroxyl groups excluding tert-OH is 1. The molecular formula is C21H26FN9O6S. The van der Waals surface area contributed by atoms with Crippen LogP contribution >= 0.6 is 0 Å². The van der Waals surface area contributed by atoms with E-state index < -0.39 is 33.3 Å². The number of anilines is 2. The Bertz CT molecular complexity index is 1360. The summed E-state index contributed by atoms with van der Waals surface area (Å²) in [6.07, 6.45) is 3.12. The molecule has 15 nitrogen and oxygen atoms in total. The Morgan fingerprint density at radius 3 is 2.45 bits per heavy atom. The molecule has 0 unspecified atom stereocenters. The number of hydrogen-bond donors (Lipinski definition) is 2. The summed E-state index contributed by atoms with van der Waals surface area (Å²) >= 11 is 0. The minimum Gasteiger partial charge on any atom is -0.479 e. The summed E-state index contributed by atoms with van der Waals surface area (Å²) in [7, 11) is -1.36. The van der Waals surface area contributed by atoms with Crippen LogP contribution in [0, 0.1) is 5.82 Å². The van der Waals surface area contributed by atoms with Crippen LogP contribution in [0.4, 0.5) is 16.3 Å². The molecule has 5 heterocycles. The van der Waals surface area contributed by atoms with Gasteiger partial charge in [-0.2, -0.15) is 9.97 Å². The molecule has 0 bridgehead atoms. The minimum absolute atomic E-state index is 0.0498. The van der Waals surface area contributed by atoms with Crippen molar-refractivity contribution in [3.8, 4) is 17.4 Å². The summed E-state index contributed by atoms with van der Waals surface area (Å²) < 4.78 is 61.0. The molecule has 2 fully saturated rings. The number of ether oxygens (including phenoxy) is 3. The van der Waals surface area contributed by atoms with Crippen LogP contribution in [0.3, 0.4) is 0 Å². The van der Waals surface area contributed by atoms with Gasteiger partial charge >= 0.3 is 0 Å². The lowest BCUT2D eigenvalue weighted by atomic mass is 10.1. The van der Waals surface area contributed by atoms with Crippen molar-refractivity contribution in [2.24, 2.45) is 0 Å². The molecule has 2 aliphatic heterocycles. The van der Waals surface area contributed by atoms with E-state index in [1.54, 1.807) is 0 Å². The Morgan fingerprint density at radius 1 is 1.11 bits per heavy atom. The van der Waals surface area contributed by atoms with Crippen LogP contribution in [0.15, 0.2) is 18.7 Å². The number of nitrogens with zero attached hydrogens (tertiary/aromatic N) is 8. The van der Waals surface area contributed by atoms with Gasteiger partial charge in [0.25, 0.3) is 0 Å². The summed E-state index contributed by atoms with van der Waals surface area (Å²) in [6.45, 7) is 0.554. The number of piperidine rings is 1. The van der Waals surface area contributed by atoms with Crippen molar-refractivity contribution in [1.29, 1.82) is 0 Å². The molecular weight excluding hydrogens is 525 g/mol. The van der Waals surface area contributed by atoms with Crippen LogP contribution in [0.1, 0.15) is 31.2 Å². The third-order valence-corrected chi connectivity index (χ3v) is 7.91. The molecule has 0 saturated carbocycles. The van der Waals surface area contributed by atoms with E-state index in [4.69, 9.17) is 14.2 Å². The van der Waals surface area contributed by atoms with E-state index in [0.29, 0.717) is 18.9 Å². The monoisotopic (exact) mass is 551 g/mol. The Balaban J connectivity index is 1.51. The van der Waals surface area contributed by atoms with Gasteiger partial charge in [-0.3, -0.25) is 9.29 Å². The Kier molecular flexibility index (Phi) is 7.22. The van der Waals surface area contributed by atoms with Crippen LogP contribution in [-0.2, 0) is 14.8 Å².